The van der Waals surface area contributed by atoms with Gasteiger partial charge in [0.05, 0.1) is 5.69 Å². The van der Waals surface area contributed by atoms with E-state index in [-0.39, 0.29) is 0 Å². The van der Waals surface area contributed by atoms with E-state index in [0.717, 1.165) is 11.0 Å². The van der Waals surface area contributed by atoms with Gasteiger partial charge in [-0.2, -0.15) is 0 Å². The second kappa shape index (κ2) is 3.68. The molecular weight excluding hydrogens is 270 g/mol. The van der Waals surface area contributed by atoms with Crippen LogP contribution in [0.15, 0.2) is 10.7 Å². The molecule has 1 aromatic rings. The minimum atomic E-state index is 0.817. The van der Waals surface area contributed by atoms with Gasteiger partial charge in [0.1, 0.15) is 0 Å². The van der Waals surface area contributed by atoms with Crippen LogP contribution in [0, 0.1) is 13.8 Å². The zero-order valence-electron chi connectivity index (χ0n) is 6.49. The summed E-state index contributed by atoms with van der Waals surface area (Å²) in [6.45, 7) is 4.11. The van der Waals surface area contributed by atoms with Gasteiger partial charge in [-0.05, 0) is 25.0 Å². The SMILES string of the molecule is Cc1cnc(CBr)c(C)c1Br. The molecule has 0 unspecified atom stereocenters. The van der Waals surface area contributed by atoms with Crippen LogP contribution in [0.25, 0.3) is 0 Å². The van der Waals surface area contributed by atoms with Crippen LogP contribution in [-0.2, 0) is 5.33 Å². The molecule has 0 saturated heterocycles. The zero-order valence-corrected chi connectivity index (χ0v) is 9.66. The molecule has 0 N–H and O–H groups in total. The van der Waals surface area contributed by atoms with Gasteiger partial charge in [0.25, 0.3) is 0 Å². The Balaban J connectivity index is 3.25. The predicted molar refractivity (Wildman–Crippen MR) is 54.0 cm³/mol. The van der Waals surface area contributed by atoms with Gasteiger partial charge in [-0.25, -0.2) is 0 Å². The maximum absolute atomic E-state index is 4.28. The van der Waals surface area contributed by atoms with Crippen LogP contribution in [-0.4, -0.2) is 4.98 Å². The summed E-state index contributed by atoms with van der Waals surface area (Å²) in [5, 5.41) is 0.817. The quantitative estimate of drug-likeness (QED) is 0.718. The largest absolute Gasteiger partial charge is 0.260 e. The van der Waals surface area contributed by atoms with Crippen LogP contribution in [0.5, 0.6) is 0 Å². The van der Waals surface area contributed by atoms with Crippen molar-refractivity contribution in [3.05, 3.63) is 27.5 Å². The molecule has 0 spiro atoms. The first kappa shape index (κ1) is 9.20. The zero-order chi connectivity index (χ0) is 8.43. The fraction of sp³-hybridized carbons (Fsp3) is 0.375. The van der Waals surface area contributed by atoms with Gasteiger partial charge in [-0.3, -0.25) is 4.98 Å². The van der Waals surface area contributed by atoms with Crippen molar-refractivity contribution in [1.82, 2.24) is 4.98 Å². The van der Waals surface area contributed by atoms with E-state index < -0.39 is 0 Å². The normalized spacial score (nSPS) is 10.2. The van der Waals surface area contributed by atoms with E-state index in [1.165, 1.54) is 15.6 Å². The lowest BCUT2D eigenvalue weighted by molar-refractivity contribution is 1.10. The van der Waals surface area contributed by atoms with E-state index in [2.05, 4.69) is 43.8 Å². The van der Waals surface area contributed by atoms with Crippen molar-refractivity contribution < 1.29 is 0 Å². The number of nitrogens with zero attached hydrogens (tertiary/aromatic N) is 1. The van der Waals surface area contributed by atoms with E-state index >= 15 is 0 Å². The van der Waals surface area contributed by atoms with Gasteiger partial charge in [-0.15, -0.1) is 0 Å². The minimum Gasteiger partial charge on any atom is -0.260 e. The highest BCUT2D eigenvalue weighted by atomic mass is 79.9. The molecule has 0 bridgehead atoms. The molecule has 1 rings (SSSR count). The number of alkyl halides is 1. The molecule has 0 radical (unpaired) electrons. The predicted octanol–water partition coefficient (Wildman–Crippen LogP) is 3.36. The van der Waals surface area contributed by atoms with Crippen molar-refractivity contribution in [2.45, 2.75) is 19.2 Å². The third-order valence-corrected chi connectivity index (χ3v) is 3.40. The number of hydrogen-bond donors (Lipinski definition) is 0. The van der Waals surface area contributed by atoms with Gasteiger partial charge in [0.2, 0.25) is 0 Å². The van der Waals surface area contributed by atoms with Crippen LogP contribution in [0.4, 0.5) is 0 Å². The Morgan fingerprint density at radius 3 is 2.64 bits per heavy atom. The second-order valence-corrected chi connectivity index (χ2v) is 3.81. The van der Waals surface area contributed by atoms with Crippen molar-refractivity contribution in [3.63, 3.8) is 0 Å². The smallest absolute Gasteiger partial charge is 0.0549 e. The Hall–Kier alpha value is 0.110. The Kier molecular flexibility index (Phi) is 3.07. The highest BCUT2D eigenvalue weighted by Crippen LogP contribution is 2.22. The van der Waals surface area contributed by atoms with Gasteiger partial charge in [-0.1, -0.05) is 31.9 Å². The Bertz CT molecular complexity index is 271. The summed E-state index contributed by atoms with van der Waals surface area (Å²) in [5.74, 6) is 0. The van der Waals surface area contributed by atoms with E-state index in [9.17, 15) is 0 Å². The Morgan fingerprint density at radius 2 is 2.09 bits per heavy atom. The first-order valence-corrected chi connectivity index (χ1v) is 5.24. The molecule has 0 aliphatic heterocycles. The molecule has 0 saturated carbocycles. The van der Waals surface area contributed by atoms with E-state index in [0.29, 0.717) is 0 Å². The summed E-state index contributed by atoms with van der Waals surface area (Å²) >= 11 is 6.89. The lowest BCUT2D eigenvalue weighted by Gasteiger charge is -2.05. The fourth-order valence-corrected chi connectivity index (χ4v) is 1.78. The third kappa shape index (κ3) is 1.82. The molecule has 1 aromatic heterocycles. The van der Waals surface area contributed by atoms with Gasteiger partial charge in [0, 0.05) is 16.0 Å². The maximum atomic E-state index is 4.28. The van der Waals surface area contributed by atoms with Crippen LogP contribution in [0.2, 0.25) is 0 Å². The van der Waals surface area contributed by atoms with Gasteiger partial charge < -0.3 is 0 Å². The maximum Gasteiger partial charge on any atom is 0.0549 e. The number of aromatic nitrogens is 1. The molecule has 0 fully saturated rings. The molecule has 1 heterocycles. The second-order valence-electron chi connectivity index (χ2n) is 2.46. The molecule has 0 aliphatic carbocycles. The van der Waals surface area contributed by atoms with Crippen molar-refractivity contribution in [1.29, 1.82) is 0 Å². The van der Waals surface area contributed by atoms with Crippen LogP contribution >= 0.6 is 31.9 Å². The molecular formula is C8H9Br2N. The topological polar surface area (TPSA) is 12.9 Å². The Labute approximate surface area is 83.5 Å². The number of hydrogen-bond acceptors (Lipinski definition) is 1. The van der Waals surface area contributed by atoms with Gasteiger partial charge in [0.15, 0.2) is 0 Å². The number of aryl methyl sites for hydroxylation is 1. The van der Waals surface area contributed by atoms with E-state index in [1.54, 1.807) is 0 Å². The van der Waals surface area contributed by atoms with Crippen LogP contribution in [0.3, 0.4) is 0 Å². The number of rotatable bonds is 1. The first-order chi connectivity index (χ1) is 5.16. The van der Waals surface area contributed by atoms with Crippen molar-refractivity contribution in [2.75, 3.05) is 0 Å². The number of pyridine rings is 1. The molecule has 0 aromatic carbocycles. The highest BCUT2D eigenvalue weighted by Gasteiger charge is 2.03. The minimum absolute atomic E-state index is 0.817. The van der Waals surface area contributed by atoms with E-state index in [1.807, 2.05) is 13.1 Å². The average molecular weight is 279 g/mol. The molecule has 60 valence electrons. The monoisotopic (exact) mass is 277 g/mol. The molecule has 1 nitrogen and oxygen atoms in total. The third-order valence-electron chi connectivity index (χ3n) is 1.65. The molecule has 0 aliphatic rings. The van der Waals surface area contributed by atoms with Crippen molar-refractivity contribution >= 4 is 31.9 Å². The van der Waals surface area contributed by atoms with Crippen molar-refractivity contribution in [2.24, 2.45) is 0 Å². The van der Waals surface area contributed by atoms with E-state index in [4.69, 9.17) is 0 Å². The molecule has 0 amide bonds. The highest BCUT2D eigenvalue weighted by molar-refractivity contribution is 9.10. The standard InChI is InChI=1S/C8H9Br2N/c1-5-4-11-7(3-9)6(2)8(5)10/h4H,3H2,1-2H3. The summed E-state index contributed by atoms with van der Waals surface area (Å²) < 4.78 is 1.17. The lowest BCUT2D eigenvalue weighted by Crippen LogP contribution is -1.93. The molecule has 3 heteroatoms. The first-order valence-electron chi connectivity index (χ1n) is 3.33. The fourth-order valence-electron chi connectivity index (χ4n) is 0.885. The number of halogens is 2. The summed E-state index contributed by atoms with van der Waals surface area (Å²) in [6, 6.07) is 0. The average Bonchev–Trinajstić information content (AvgIpc) is 2.01. The van der Waals surface area contributed by atoms with Gasteiger partial charge >= 0.3 is 0 Å². The molecule has 0 atom stereocenters. The Morgan fingerprint density at radius 1 is 1.45 bits per heavy atom. The van der Waals surface area contributed by atoms with Crippen molar-refractivity contribution in [3.8, 4) is 0 Å². The van der Waals surface area contributed by atoms with Crippen LogP contribution in [0.1, 0.15) is 16.8 Å². The molecule has 11 heavy (non-hydrogen) atoms. The summed E-state index contributed by atoms with van der Waals surface area (Å²) in [7, 11) is 0. The lowest BCUT2D eigenvalue weighted by atomic mass is 10.2. The summed E-state index contributed by atoms with van der Waals surface area (Å²) in [6.07, 6.45) is 1.88. The van der Waals surface area contributed by atoms with Crippen LogP contribution < -0.4 is 0 Å². The summed E-state index contributed by atoms with van der Waals surface area (Å²) in [4.78, 5) is 4.28. The summed E-state index contributed by atoms with van der Waals surface area (Å²) in [5.41, 5.74) is 3.51.